The van der Waals surface area contributed by atoms with Gasteiger partial charge in [0, 0.05) is 11.5 Å². The van der Waals surface area contributed by atoms with Gasteiger partial charge in [0.1, 0.15) is 60.0 Å². The number of benzene rings is 5. The number of ether oxygens (including phenoxy) is 5. The van der Waals surface area contributed by atoms with Crippen LogP contribution in [0.3, 0.4) is 0 Å². The molecule has 2 N–H and O–H groups in total. The van der Waals surface area contributed by atoms with E-state index in [0.29, 0.717) is 61.4 Å². The molecular formula is C48H46N6O9S3. The molecule has 5 aromatic carbocycles. The number of hydrogen-bond acceptors (Lipinski definition) is 14. The van der Waals surface area contributed by atoms with Crippen molar-refractivity contribution in [2.75, 3.05) is 33.2 Å². The third-order valence-electron chi connectivity index (χ3n) is 10.1. The molecule has 340 valence electrons. The van der Waals surface area contributed by atoms with Crippen LogP contribution >= 0.6 is 23.1 Å². The molecule has 0 bridgehead atoms. The van der Waals surface area contributed by atoms with Crippen molar-refractivity contribution in [3.8, 4) is 35.3 Å². The largest absolute Gasteiger partial charge is 0.497 e. The van der Waals surface area contributed by atoms with Gasteiger partial charge in [0.05, 0.1) is 37.2 Å². The van der Waals surface area contributed by atoms with Gasteiger partial charge in [0.25, 0.3) is 10.0 Å². The van der Waals surface area contributed by atoms with Crippen LogP contribution in [0.5, 0.6) is 23.0 Å². The van der Waals surface area contributed by atoms with Crippen molar-refractivity contribution in [3.63, 3.8) is 0 Å². The van der Waals surface area contributed by atoms with E-state index < -0.39 is 33.5 Å². The lowest BCUT2D eigenvalue weighted by Gasteiger charge is -2.36. The first-order valence-corrected chi connectivity index (χ1v) is 24.0. The molecule has 0 fully saturated rings. The van der Waals surface area contributed by atoms with E-state index in [1.54, 1.807) is 69.8 Å². The predicted molar refractivity (Wildman–Crippen MR) is 252 cm³/mol. The number of amides is 1. The number of terminal acetylenes is 1. The molecule has 2 aromatic heterocycles. The normalized spacial score (nSPS) is 11.9. The van der Waals surface area contributed by atoms with E-state index in [4.69, 9.17) is 30.1 Å². The first-order valence-electron chi connectivity index (χ1n) is 20.5. The number of carbonyl (C=O) groups is 2. The lowest BCUT2D eigenvalue weighted by atomic mass is 9.78. The molecule has 66 heavy (non-hydrogen) atoms. The number of fused-ring (bicyclic) bond motifs is 1. The van der Waals surface area contributed by atoms with Gasteiger partial charge in [-0.2, -0.15) is 16.5 Å². The van der Waals surface area contributed by atoms with Crippen LogP contribution < -0.4 is 29.0 Å². The molecule has 1 unspecified atom stereocenters. The van der Waals surface area contributed by atoms with E-state index in [-0.39, 0.29) is 36.5 Å². The number of esters is 1. The minimum Gasteiger partial charge on any atom is -0.497 e. The summed E-state index contributed by atoms with van der Waals surface area (Å²) in [7, 11) is -1.16. The molecule has 0 spiro atoms. The molecule has 1 amide bonds. The SMILES string of the molecule is C#CCOc1cccc(CSCC(NC(=O)Cn2cc(COc3ccc4nc(S(=O)(=O)NC(c5ccccc5)(c5ccc(OC)cc5)c5ccc(OC)cc5)sc4c3)nn2)C(=O)OCC)c1. The Morgan fingerprint density at radius 1 is 0.848 bits per heavy atom. The number of nitrogens with one attached hydrogen (secondary N) is 2. The second-order valence-electron chi connectivity index (χ2n) is 14.5. The fourth-order valence-corrected chi connectivity index (χ4v) is 10.6. The lowest BCUT2D eigenvalue weighted by molar-refractivity contribution is -0.146. The number of thioether (sulfide) groups is 1. The molecule has 0 saturated carbocycles. The summed E-state index contributed by atoms with van der Waals surface area (Å²) in [5.41, 5.74) is 2.44. The molecule has 0 radical (unpaired) electrons. The van der Waals surface area contributed by atoms with E-state index >= 15 is 0 Å². The van der Waals surface area contributed by atoms with Crippen molar-refractivity contribution in [1.82, 2.24) is 30.0 Å². The molecule has 7 rings (SSSR count). The zero-order valence-electron chi connectivity index (χ0n) is 36.2. The van der Waals surface area contributed by atoms with Crippen LogP contribution in [0.2, 0.25) is 0 Å². The highest BCUT2D eigenvalue weighted by molar-refractivity contribution is 7.98. The maximum Gasteiger partial charge on any atom is 0.329 e. The number of aromatic nitrogens is 4. The maximum absolute atomic E-state index is 14.6. The molecule has 7 aromatic rings. The minimum absolute atomic E-state index is 0.000968. The average Bonchev–Trinajstić information content (AvgIpc) is 3.99. The number of sulfonamides is 1. The van der Waals surface area contributed by atoms with Crippen molar-refractivity contribution < 1.29 is 41.7 Å². The topological polar surface area (TPSA) is 182 Å². The Morgan fingerprint density at radius 3 is 2.18 bits per heavy atom. The second kappa shape index (κ2) is 21.8. The Morgan fingerprint density at radius 2 is 1.52 bits per heavy atom. The molecule has 0 aliphatic heterocycles. The fourth-order valence-electron chi connectivity index (χ4n) is 6.96. The van der Waals surface area contributed by atoms with Crippen LogP contribution in [0.1, 0.15) is 34.9 Å². The highest BCUT2D eigenvalue weighted by Crippen LogP contribution is 2.40. The van der Waals surface area contributed by atoms with E-state index in [9.17, 15) is 18.0 Å². The third-order valence-corrected chi connectivity index (χ3v) is 14.0. The number of rotatable bonds is 22. The number of thiazole rings is 1. The Labute approximate surface area is 390 Å². The predicted octanol–water partition coefficient (Wildman–Crippen LogP) is 6.75. The number of nitrogens with zero attached hydrogens (tertiary/aromatic N) is 4. The van der Waals surface area contributed by atoms with E-state index in [1.807, 2.05) is 78.9 Å². The van der Waals surface area contributed by atoms with Gasteiger partial charge in [-0.1, -0.05) is 77.9 Å². The maximum atomic E-state index is 14.6. The third kappa shape index (κ3) is 11.5. The van der Waals surface area contributed by atoms with Gasteiger partial charge in [-0.05, 0) is 83.8 Å². The van der Waals surface area contributed by atoms with Crippen LogP contribution in [-0.4, -0.2) is 79.5 Å². The molecule has 0 aliphatic rings. The monoisotopic (exact) mass is 946 g/mol. The van der Waals surface area contributed by atoms with Crippen LogP contribution in [0.25, 0.3) is 10.2 Å². The quantitative estimate of drug-likeness (QED) is 0.0414. The van der Waals surface area contributed by atoms with E-state index in [1.165, 1.54) is 16.4 Å². The summed E-state index contributed by atoms with van der Waals surface area (Å²) in [4.78, 5) is 30.4. The number of carbonyl (C=O) groups excluding carboxylic acids is 2. The van der Waals surface area contributed by atoms with Gasteiger partial charge < -0.3 is 29.0 Å². The standard InChI is InChI=1S/C48H46N6O9S3/c1-5-25-62-40-14-10-11-33(26-40)31-64-32-43(46(56)61-6-2)49-45(55)29-54-28-37(51-53-54)30-63-41-23-24-42-44(27-41)65-47(50-42)66(57,58)52-48(34-12-8-7-9-13-34,35-15-19-38(59-3)20-16-35)36-17-21-39(60-4)22-18-36/h1,7-24,26-28,43,52H,6,25,29-32H2,2-4H3,(H,49,55). The summed E-state index contributed by atoms with van der Waals surface area (Å²) in [5.74, 6) is 4.58. The van der Waals surface area contributed by atoms with Crippen molar-refractivity contribution in [3.05, 3.63) is 155 Å². The highest BCUT2D eigenvalue weighted by atomic mass is 32.2. The summed E-state index contributed by atoms with van der Waals surface area (Å²) in [6.07, 6.45) is 6.86. The first kappa shape index (κ1) is 47.1. The molecule has 15 nitrogen and oxygen atoms in total. The summed E-state index contributed by atoms with van der Waals surface area (Å²) >= 11 is 2.46. The molecule has 2 heterocycles. The minimum atomic E-state index is -4.30. The fraction of sp³-hybridized carbons (Fsp3) is 0.229. The smallest absolute Gasteiger partial charge is 0.329 e. The molecule has 0 saturated heterocycles. The summed E-state index contributed by atoms with van der Waals surface area (Å²) in [5, 5.41) is 11.0. The summed E-state index contributed by atoms with van der Waals surface area (Å²) in [6, 6.07) is 35.5. The number of methoxy groups -OCH3 is 2. The Balaban J connectivity index is 1.02. The highest BCUT2D eigenvalue weighted by Gasteiger charge is 2.42. The first-order chi connectivity index (χ1) is 32.0. The zero-order valence-corrected chi connectivity index (χ0v) is 38.7. The van der Waals surface area contributed by atoms with Gasteiger partial charge in [-0.25, -0.2) is 22.9 Å². The number of hydrogen-bond donors (Lipinski definition) is 2. The van der Waals surface area contributed by atoms with Gasteiger partial charge in [-0.3, -0.25) is 4.79 Å². The van der Waals surface area contributed by atoms with Gasteiger partial charge in [-0.15, -0.1) is 22.9 Å². The molecule has 1 atom stereocenters. The lowest BCUT2D eigenvalue weighted by Crippen LogP contribution is -2.47. The van der Waals surface area contributed by atoms with Crippen LogP contribution in [-0.2, 0) is 48.8 Å². The Kier molecular flexibility index (Phi) is 15.6. The van der Waals surface area contributed by atoms with Crippen LogP contribution in [0.15, 0.2) is 132 Å². The van der Waals surface area contributed by atoms with Gasteiger partial charge in [0.2, 0.25) is 10.2 Å². The second-order valence-corrected chi connectivity index (χ2v) is 18.4. The zero-order chi connectivity index (χ0) is 46.5. The average molecular weight is 947 g/mol. The van der Waals surface area contributed by atoms with Crippen molar-refractivity contribution in [1.29, 1.82) is 0 Å². The molecule has 18 heteroatoms. The van der Waals surface area contributed by atoms with Crippen molar-refractivity contribution in [2.24, 2.45) is 0 Å². The Hall–Kier alpha value is -6.91. The Bertz CT molecular complexity index is 2850. The van der Waals surface area contributed by atoms with Gasteiger partial charge in [0.15, 0.2) is 0 Å². The van der Waals surface area contributed by atoms with E-state index in [2.05, 4.69) is 31.3 Å². The van der Waals surface area contributed by atoms with Crippen LogP contribution in [0, 0.1) is 12.3 Å². The van der Waals surface area contributed by atoms with Crippen LogP contribution in [0.4, 0.5) is 0 Å². The van der Waals surface area contributed by atoms with Crippen molar-refractivity contribution >= 4 is 55.2 Å². The van der Waals surface area contributed by atoms with Crippen molar-refractivity contribution in [2.45, 2.75) is 41.7 Å². The van der Waals surface area contributed by atoms with Gasteiger partial charge >= 0.3 is 5.97 Å². The molecular weight excluding hydrogens is 901 g/mol. The molecule has 0 aliphatic carbocycles. The summed E-state index contributed by atoms with van der Waals surface area (Å²) < 4.78 is 61.6. The summed E-state index contributed by atoms with van der Waals surface area (Å²) in [6.45, 7) is 1.82. The van der Waals surface area contributed by atoms with E-state index in [0.717, 1.165) is 16.9 Å².